The van der Waals surface area contributed by atoms with Crippen molar-refractivity contribution < 1.29 is 14.2 Å². The number of benzene rings is 2. The number of guanidine groups is 1. The number of aliphatic imine (C=N–C) groups is 1. The molecule has 0 aliphatic rings. The van der Waals surface area contributed by atoms with E-state index in [1.165, 1.54) is 6.07 Å². The number of nitrogens with one attached hydrogen (secondary N) is 2. The average molecular weight is 567 g/mol. The van der Waals surface area contributed by atoms with Gasteiger partial charge in [-0.15, -0.1) is 24.0 Å². The Morgan fingerprint density at radius 2 is 1.94 bits per heavy atom. The Balaban J connectivity index is 0.00000385. The minimum absolute atomic E-state index is 0. The number of nitrogens with zero attached hydrogens (tertiary/aromatic N) is 3. The second-order valence-electron chi connectivity index (χ2n) is 7.58. The summed E-state index contributed by atoms with van der Waals surface area (Å²) in [5, 5.41) is 16.8. The highest BCUT2D eigenvalue weighted by Crippen LogP contribution is 2.19. The lowest BCUT2D eigenvalue weighted by Crippen LogP contribution is -2.39. The van der Waals surface area contributed by atoms with Crippen LogP contribution in [-0.2, 0) is 6.54 Å². The minimum Gasteiger partial charge on any atom is -0.491 e. The monoisotopic (exact) mass is 567 g/mol. The topological polar surface area (TPSA) is 83.7 Å². The van der Waals surface area contributed by atoms with Gasteiger partial charge in [0.25, 0.3) is 0 Å². The van der Waals surface area contributed by atoms with Gasteiger partial charge in [0.1, 0.15) is 11.6 Å². The van der Waals surface area contributed by atoms with E-state index in [0.29, 0.717) is 24.7 Å². The molecule has 0 saturated carbocycles. The van der Waals surface area contributed by atoms with Crippen LogP contribution in [0.2, 0.25) is 0 Å². The summed E-state index contributed by atoms with van der Waals surface area (Å²) in [6, 6.07) is 12.4. The van der Waals surface area contributed by atoms with Crippen LogP contribution in [0, 0.1) is 5.82 Å². The molecule has 3 N–H and O–H groups in total. The van der Waals surface area contributed by atoms with Gasteiger partial charge in [-0.2, -0.15) is 0 Å². The third kappa shape index (κ3) is 8.01. The molecule has 0 amide bonds. The van der Waals surface area contributed by atoms with Crippen LogP contribution < -0.4 is 15.4 Å². The molecule has 1 atom stereocenters. The predicted molar refractivity (Wildman–Crippen MR) is 139 cm³/mol. The zero-order valence-electron chi connectivity index (χ0n) is 19.0. The van der Waals surface area contributed by atoms with Gasteiger partial charge in [0.15, 0.2) is 5.96 Å². The van der Waals surface area contributed by atoms with Gasteiger partial charge < -0.3 is 25.0 Å². The first-order valence-corrected chi connectivity index (χ1v) is 10.7. The number of aliphatic hydroxyl groups excluding tert-OH is 1. The number of halogens is 2. The number of hydrogen-bond donors (Lipinski definition) is 3. The third-order valence-electron chi connectivity index (χ3n) is 4.66. The highest BCUT2D eigenvalue weighted by molar-refractivity contribution is 14.0. The van der Waals surface area contributed by atoms with Crippen molar-refractivity contribution in [1.82, 2.24) is 20.2 Å². The Hall–Kier alpha value is -2.66. The summed E-state index contributed by atoms with van der Waals surface area (Å²) in [6.45, 7) is 7.14. The Labute approximate surface area is 211 Å². The first-order chi connectivity index (χ1) is 15.5. The maximum absolute atomic E-state index is 14.5. The Kier molecular flexibility index (Phi) is 10.6. The molecule has 1 aromatic heterocycles. The van der Waals surface area contributed by atoms with Gasteiger partial charge in [-0.3, -0.25) is 0 Å². The number of hydrogen-bond acceptors (Lipinski definition) is 4. The van der Waals surface area contributed by atoms with Crippen molar-refractivity contribution in [3.63, 3.8) is 0 Å². The van der Waals surface area contributed by atoms with E-state index < -0.39 is 6.10 Å². The van der Waals surface area contributed by atoms with E-state index >= 15 is 0 Å². The zero-order chi connectivity index (χ0) is 22.9. The molecule has 2 aromatic carbocycles. The van der Waals surface area contributed by atoms with E-state index in [1.54, 1.807) is 29.4 Å². The second-order valence-corrected chi connectivity index (χ2v) is 7.58. The molecule has 0 fully saturated rings. The van der Waals surface area contributed by atoms with E-state index in [2.05, 4.69) is 20.6 Å². The molecule has 3 rings (SSSR count). The van der Waals surface area contributed by atoms with Crippen LogP contribution in [-0.4, -0.2) is 39.8 Å². The van der Waals surface area contributed by atoms with Crippen LogP contribution >= 0.6 is 24.0 Å². The van der Waals surface area contributed by atoms with Crippen LogP contribution in [0.15, 0.2) is 66.2 Å². The fourth-order valence-electron chi connectivity index (χ4n) is 3.12. The van der Waals surface area contributed by atoms with Crippen molar-refractivity contribution in [2.75, 3.05) is 13.1 Å². The fraction of sp³-hybridized carbons (Fsp3) is 0.333. The van der Waals surface area contributed by atoms with Crippen LogP contribution in [0.3, 0.4) is 0 Å². The van der Waals surface area contributed by atoms with Gasteiger partial charge >= 0.3 is 0 Å². The highest BCUT2D eigenvalue weighted by Gasteiger charge is 2.10. The standard InChI is InChI=1S/C24H30FN5O2.HI/c1-4-27-24(29-15-23(31)19-6-8-20(9-7-19)32-17(2)3)28-14-18-5-10-22(21(25)13-18)30-12-11-26-16-30;/h5-13,16-17,23,31H,4,14-15H2,1-3H3,(H2,27,28,29);1H. The molecule has 0 bridgehead atoms. The Bertz CT molecular complexity index is 1010. The minimum atomic E-state index is -0.709. The van der Waals surface area contributed by atoms with E-state index in [9.17, 15) is 9.50 Å². The maximum atomic E-state index is 14.5. The van der Waals surface area contributed by atoms with Crippen LogP contribution in [0.25, 0.3) is 5.69 Å². The Morgan fingerprint density at radius 3 is 2.55 bits per heavy atom. The molecule has 0 aliphatic heterocycles. The molecule has 1 unspecified atom stereocenters. The van der Waals surface area contributed by atoms with Crippen molar-refractivity contribution in [3.8, 4) is 11.4 Å². The quantitative estimate of drug-likeness (QED) is 0.205. The smallest absolute Gasteiger partial charge is 0.191 e. The second kappa shape index (κ2) is 13.1. The van der Waals surface area contributed by atoms with E-state index in [0.717, 1.165) is 16.9 Å². The summed E-state index contributed by atoms with van der Waals surface area (Å²) >= 11 is 0. The van der Waals surface area contributed by atoms with E-state index in [1.807, 2.05) is 51.1 Å². The Morgan fingerprint density at radius 1 is 1.18 bits per heavy atom. The summed E-state index contributed by atoms with van der Waals surface area (Å²) in [5.74, 6) is 0.976. The van der Waals surface area contributed by atoms with Crippen LogP contribution in [0.5, 0.6) is 5.75 Å². The molecule has 0 spiro atoms. The first-order valence-electron chi connectivity index (χ1n) is 10.7. The number of rotatable bonds is 9. The molecule has 0 saturated heterocycles. The number of imidazole rings is 1. The van der Waals surface area contributed by atoms with E-state index in [-0.39, 0.29) is 42.4 Å². The lowest BCUT2D eigenvalue weighted by Gasteiger charge is -2.16. The van der Waals surface area contributed by atoms with Gasteiger partial charge in [-0.05, 0) is 56.2 Å². The van der Waals surface area contributed by atoms with Gasteiger partial charge in [0.2, 0.25) is 0 Å². The lowest BCUT2D eigenvalue weighted by molar-refractivity contribution is 0.180. The SMILES string of the molecule is CCNC(=NCc1ccc(-n2ccnc2)c(F)c1)NCC(O)c1ccc(OC(C)C)cc1.I. The summed E-state index contributed by atoms with van der Waals surface area (Å²) in [4.78, 5) is 8.45. The highest BCUT2D eigenvalue weighted by atomic mass is 127. The number of aliphatic hydroxyl groups is 1. The average Bonchev–Trinajstić information content (AvgIpc) is 3.30. The van der Waals surface area contributed by atoms with Crippen molar-refractivity contribution in [3.05, 3.63) is 78.1 Å². The summed E-state index contributed by atoms with van der Waals surface area (Å²) < 4.78 is 21.7. The molecular formula is C24H31FIN5O2. The first kappa shape index (κ1) is 26.6. The molecule has 178 valence electrons. The van der Waals surface area contributed by atoms with Gasteiger partial charge in [0, 0.05) is 25.5 Å². The predicted octanol–water partition coefficient (Wildman–Crippen LogP) is 4.21. The van der Waals surface area contributed by atoms with Crippen molar-refractivity contribution in [2.24, 2.45) is 4.99 Å². The molecule has 33 heavy (non-hydrogen) atoms. The van der Waals surface area contributed by atoms with Crippen LogP contribution in [0.1, 0.15) is 38.0 Å². The van der Waals surface area contributed by atoms with E-state index in [4.69, 9.17) is 4.74 Å². The maximum Gasteiger partial charge on any atom is 0.191 e. The summed E-state index contributed by atoms with van der Waals surface area (Å²) in [7, 11) is 0. The van der Waals surface area contributed by atoms with Crippen molar-refractivity contribution in [1.29, 1.82) is 0 Å². The van der Waals surface area contributed by atoms with Crippen molar-refractivity contribution in [2.45, 2.75) is 39.5 Å². The summed E-state index contributed by atoms with van der Waals surface area (Å²) in [6.07, 6.45) is 4.24. The van der Waals surface area contributed by atoms with Gasteiger partial charge in [-0.25, -0.2) is 14.4 Å². The van der Waals surface area contributed by atoms with Crippen molar-refractivity contribution >= 4 is 29.9 Å². The molecule has 9 heteroatoms. The molecule has 3 aromatic rings. The van der Waals surface area contributed by atoms with Gasteiger partial charge in [0.05, 0.1) is 30.8 Å². The zero-order valence-corrected chi connectivity index (χ0v) is 21.4. The lowest BCUT2D eigenvalue weighted by atomic mass is 10.1. The number of aromatic nitrogens is 2. The third-order valence-corrected chi connectivity index (χ3v) is 4.66. The molecule has 7 nitrogen and oxygen atoms in total. The van der Waals surface area contributed by atoms with Gasteiger partial charge in [-0.1, -0.05) is 18.2 Å². The normalized spacial score (nSPS) is 12.2. The molecular weight excluding hydrogens is 536 g/mol. The van der Waals surface area contributed by atoms with Crippen LogP contribution in [0.4, 0.5) is 4.39 Å². The molecule has 1 heterocycles. The molecule has 0 radical (unpaired) electrons. The fourth-order valence-corrected chi connectivity index (χ4v) is 3.12. The largest absolute Gasteiger partial charge is 0.491 e. The molecule has 0 aliphatic carbocycles. The number of ether oxygens (including phenoxy) is 1. The summed E-state index contributed by atoms with van der Waals surface area (Å²) in [5.41, 5.74) is 1.96.